The molecule has 3 aromatic rings. The summed E-state index contributed by atoms with van der Waals surface area (Å²) >= 11 is 0. The molecule has 0 bridgehead atoms. The zero-order valence-corrected chi connectivity index (χ0v) is 17.6. The molecule has 0 radical (unpaired) electrons. The summed E-state index contributed by atoms with van der Waals surface area (Å²) in [4.78, 5) is 31.6. The van der Waals surface area contributed by atoms with Crippen molar-refractivity contribution in [2.24, 2.45) is 0 Å². The third-order valence-corrected chi connectivity index (χ3v) is 5.18. The maximum absolute atomic E-state index is 13.1. The van der Waals surface area contributed by atoms with E-state index >= 15 is 0 Å². The van der Waals surface area contributed by atoms with Crippen LogP contribution in [0.1, 0.15) is 53.1 Å². The van der Waals surface area contributed by atoms with Crippen LogP contribution in [0.15, 0.2) is 59.4 Å². The van der Waals surface area contributed by atoms with E-state index in [4.69, 9.17) is 9.47 Å². The van der Waals surface area contributed by atoms with E-state index in [1.807, 2.05) is 62.4 Å². The van der Waals surface area contributed by atoms with Crippen molar-refractivity contribution in [3.63, 3.8) is 0 Å². The SMILES string of the molecule is CC(C)c1cc(C(=O)N[C@@H](Cc2ccccc2)c2ccc3c(c2)OCCO3)nc(=O)[nH]1. The molecule has 1 aromatic heterocycles. The molecule has 2 aromatic carbocycles. The van der Waals surface area contributed by atoms with Gasteiger partial charge in [0.1, 0.15) is 18.9 Å². The predicted molar refractivity (Wildman–Crippen MR) is 117 cm³/mol. The lowest BCUT2D eigenvalue weighted by Gasteiger charge is -2.23. The number of benzene rings is 2. The summed E-state index contributed by atoms with van der Waals surface area (Å²) in [5, 5.41) is 3.05. The van der Waals surface area contributed by atoms with Crippen LogP contribution < -0.4 is 20.5 Å². The second-order valence-corrected chi connectivity index (χ2v) is 7.80. The molecule has 7 nitrogen and oxygen atoms in total. The van der Waals surface area contributed by atoms with Gasteiger partial charge in [-0.2, -0.15) is 4.98 Å². The van der Waals surface area contributed by atoms with Gasteiger partial charge in [-0.15, -0.1) is 0 Å². The smallest absolute Gasteiger partial charge is 0.345 e. The molecule has 0 saturated heterocycles. The Balaban J connectivity index is 1.65. The van der Waals surface area contributed by atoms with E-state index in [2.05, 4.69) is 15.3 Å². The van der Waals surface area contributed by atoms with Gasteiger partial charge in [0.15, 0.2) is 11.5 Å². The highest BCUT2D eigenvalue weighted by Gasteiger charge is 2.21. The highest BCUT2D eigenvalue weighted by atomic mass is 16.6. The van der Waals surface area contributed by atoms with Crippen LogP contribution in [0.3, 0.4) is 0 Å². The quantitative estimate of drug-likeness (QED) is 0.639. The lowest BCUT2D eigenvalue weighted by Crippen LogP contribution is -2.32. The number of aromatic amines is 1. The topological polar surface area (TPSA) is 93.3 Å². The van der Waals surface area contributed by atoms with Crippen molar-refractivity contribution in [2.45, 2.75) is 32.2 Å². The lowest BCUT2D eigenvalue weighted by molar-refractivity contribution is 0.0930. The molecule has 1 atom stereocenters. The van der Waals surface area contributed by atoms with Crippen LogP contribution in [0.4, 0.5) is 0 Å². The van der Waals surface area contributed by atoms with Crippen LogP contribution in [0, 0.1) is 0 Å². The third-order valence-electron chi connectivity index (χ3n) is 5.18. The Labute approximate surface area is 180 Å². The number of H-pyrrole nitrogens is 1. The highest BCUT2D eigenvalue weighted by molar-refractivity contribution is 5.92. The number of hydrogen-bond donors (Lipinski definition) is 2. The molecule has 2 N–H and O–H groups in total. The number of ether oxygens (including phenoxy) is 2. The first-order chi connectivity index (χ1) is 15.0. The lowest BCUT2D eigenvalue weighted by atomic mass is 9.98. The van der Waals surface area contributed by atoms with E-state index < -0.39 is 11.6 Å². The summed E-state index contributed by atoms with van der Waals surface area (Å²) in [6.07, 6.45) is 0.576. The number of nitrogens with one attached hydrogen (secondary N) is 2. The van der Waals surface area contributed by atoms with E-state index in [9.17, 15) is 9.59 Å². The zero-order chi connectivity index (χ0) is 21.8. The number of amides is 1. The predicted octanol–water partition coefficient (Wildman–Crippen LogP) is 3.38. The Kier molecular flexibility index (Phi) is 6.02. The molecular formula is C24H25N3O4. The number of carbonyl (C=O) groups excluding carboxylic acids is 1. The van der Waals surface area contributed by atoms with Crippen LogP contribution in [-0.2, 0) is 6.42 Å². The second kappa shape index (κ2) is 9.04. The minimum atomic E-state index is -0.532. The molecule has 1 aliphatic rings. The summed E-state index contributed by atoms with van der Waals surface area (Å²) in [7, 11) is 0. The first-order valence-electron chi connectivity index (χ1n) is 10.3. The Morgan fingerprint density at radius 2 is 1.81 bits per heavy atom. The molecular weight excluding hydrogens is 394 g/mol. The normalized spacial score (nSPS) is 13.6. The van der Waals surface area contributed by atoms with E-state index in [0.717, 1.165) is 11.1 Å². The number of fused-ring (bicyclic) bond motifs is 1. The molecule has 0 saturated carbocycles. The first-order valence-corrected chi connectivity index (χ1v) is 10.3. The van der Waals surface area contributed by atoms with Crippen molar-refractivity contribution in [3.8, 4) is 11.5 Å². The van der Waals surface area contributed by atoms with Crippen LogP contribution in [0.5, 0.6) is 11.5 Å². The minimum Gasteiger partial charge on any atom is -0.486 e. The maximum Gasteiger partial charge on any atom is 0.345 e. The molecule has 0 aliphatic carbocycles. The molecule has 2 heterocycles. The van der Waals surface area contributed by atoms with Crippen molar-refractivity contribution < 1.29 is 14.3 Å². The van der Waals surface area contributed by atoms with Gasteiger partial charge in [0.2, 0.25) is 0 Å². The Morgan fingerprint density at radius 3 is 2.55 bits per heavy atom. The number of carbonyl (C=O) groups is 1. The molecule has 1 aliphatic heterocycles. The van der Waals surface area contributed by atoms with Crippen LogP contribution in [0.2, 0.25) is 0 Å². The average molecular weight is 419 g/mol. The molecule has 7 heteroatoms. The van der Waals surface area contributed by atoms with Crippen molar-refractivity contribution >= 4 is 5.91 Å². The molecule has 0 spiro atoms. The fraction of sp³-hybridized carbons (Fsp3) is 0.292. The van der Waals surface area contributed by atoms with Gasteiger partial charge in [-0.25, -0.2) is 4.79 Å². The van der Waals surface area contributed by atoms with Gasteiger partial charge in [0.25, 0.3) is 5.91 Å². The largest absolute Gasteiger partial charge is 0.486 e. The fourth-order valence-electron chi connectivity index (χ4n) is 3.51. The van der Waals surface area contributed by atoms with Gasteiger partial charge in [-0.3, -0.25) is 4.79 Å². The number of hydrogen-bond acceptors (Lipinski definition) is 5. The summed E-state index contributed by atoms with van der Waals surface area (Å²) in [5.41, 5.74) is 2.20. The van der Waals surface area contributed by atoms with E-state index in [-0.39, 0.29) is 17.7 Å². The molecule has 4 rings (SSSR count). The van der Waals surface area contributed by atoms with Crippen LogP contribution in [0.25, 0.3) is 0 Å². The second-order valence-electron chi connectivity index (χ2n) is 7.80. The van der Waals surface area contributed by atoms with Gasteiger partial charge in [-0.05, 0) is 41.7 Å². The summed E-state index contributed by atoms with van der Waals surface area (Å²) in [5.74, 6) is 1.02. The van der Waals surface area contributed by atoms with Crippen molar-refractivity contribution in [3.05, 3.63) is 87.6 Å². The molecule has 160 valence electrons. The van der Waals surface area contributed by atoms with Crippen LogP contribution in [-0.4, -0.2) is 29.1 Å². The van der Waals surface area contributed by atoms with E-state index in [1.165, 1.54) is 0 Å². The number of aromatic nitrogens is 2. The molecule has 0 unspecified atom stereocenters. The van der Waals surface area contributed by atoms with Crippen LogP contribution >= 0.6 is 0 Å². The number of nitrogens with zero attached hydrogens (tertiary/aromatic N) is 1. The van der Waals surface area contributed by atoms with E-state index in [0.29, 0.717) is 36.8 Å². The number of rotatable bonds is 6. The standard InChI is InChI=1S/C24H25N3O4/c1-15(2)18-14-20(27-24(29)26-18)23(28)25-19(12-16-6-4-3-5-7-16)17-8-9-21-22(13-17)31-11-10-30-21/h3-9,13-15,19H,10-12H2,1-2H3,(H,25,28)(H,26,27,29)/t19-/m0/s1. The minimum absolute atomic E-state index is 0.0696. The Bertz CT molecular complexity index is 1130. The van der Waals surface area contributed by atoms with Crippen molar-refractivity contribution in [1.29, 1.82) is 0 Å². The Hall–Kier alpha value is -3.61. The fourth-order valence-corrected chi connectivity index (χ4v) is 3.51. The maximum atomic E-state index is 13.1. The van der Waals surface area contributed by atoms with Crippen molar-refractivity contribution in [1.82, 2.24) is 15.3 Å². The van der Waals surface area contributed by atoms with Gasteiger partial charge in [-0.1, -0.05) is 50.2 Å². The van der Waals surface area contributed by atoms with Gasteiger partial charge in [0.05, 0.1) is 6.04 Å². The Morgan fingerprint density at radius 1 is 1.06 bits per heavy atom. The van der Waals surface area contributed by atoms with Gasteiger partial charge in [0, 0.05) is 5.69 Å². The summed E-state index contributed by atoms with van der Waals surface area (Å²) in [6, 6.07) is 16.9. The van der Waals surface area contributed by atoms with Gasteiger partial charge >= 0.3 is 5.69 Å². The third kappa shape index (κ3) is 4.94. The van der Waals surface area contributed by atoms with Crippen molar-refractivity contribution in [2.75, 3.05) is 13.2 Å². The summed E-state index contributed by atoms with van der Waals surface area (Å²) in [6.45, 7) is 4.89. The highest BCUT2D eigenvalue weighted by Crippen LogP contribution is 2.33. The van der Waals surface area contributed by atoms with E-state index in [1.54, 1.807) is 6.07 Å². The molecule has 1 amide bonds. The zero-order valence-electron chi connectivity index (χ0n) is 17.6. The van der Waals surface area contributed by atoms with Gasteiger partial charge < -0.3 is 19.8 Å². The average Bonchev–Trinajstić information content (AvgIpc) is 2.78. The first kappa shape index (κ1) is 20.7. The molecule has 31 heavy (non-hydrogen) atoms. The summed E-state index contributed by atoms with van der Waals surface area (Å²) < 4.78 is 11.3. The molecule has 0 fully saturated rings. The monoisotopic (exact) mass is 419 g/mol.